The predicted molar refractivity (Wildman–Crippen MR) is 175 cm³/mol. The van der Waals surface area contributed by atoms with Gasteiger partial charge in [-0.25, -0.2) is 9.79 Å². The molecular weight excluding hydrogens is 683 g/mol. The Balaban J connectivity index is 1.92. The van der Waals surface area contributed by atoms with Crippen molar-refractivity contribution in [2.24, 2.45) is 4.99 Å². The van der Waals surface area contributed by atoms with Gasteiger partial charge in [0.1, 0.15) is 0 Å². The molecule has 0 bridgehead atoms. The highest BCUT2D eigenvalue weighted by molar-refractivity contribution is 14.1. The molecule has 230 valence electrons. The maximum atomic E-state index is 14.1. The lowest BCUT2D eigenvalue weighted by molar-refractivity contribution is -0.139. The van der Waals surface area contributed by atoms with E-state index in [1.165, 1.54) is 11.3 Å². The summed E-state index contributed by atoms with van der Waals surface area (Å²) < 4.78 is 31.7. The number of rotatable bonds is 11. The molecule has 11 heteroatoms. The van der Waals surface area contributed by atoms with Crippen molar-refractivity contribution in [3.05, 3.63) is 76.0 Å². The summed E-state index contributed by atoms with van der Waals surface area (Å²) in [5.41, 5.74) is 1.95. The molecule has 0 fully saturated rings. The number of aromatic nitrogens is 1. The van der Waals surface area contributed by atoms with Crippen molar-refractivity contribution in [3.63, 3.8) is 0 Å². The molecular formula is C32H37IN2O7S. The quantitative estimate of drug-likeness (QED) is 0.194. The summed E-state index contributed by atoms with van der Waals surface area (Å²) in [4.78, 5) is 32.5. The van der Waals surface area contributed by atoms with Gasteiger partial charge in [-0.3, -0.25) is 9.36 Å². The Labute approximate surface area is 268 Å². The minimum Gasteiger partial charge on any atom is -0.493 e. The van der Waals surface area contributed by atoms with Crippen LogP contribution in [0.4, 0.5) is 0 Å². The number of hydrogen-bond acceptors (Lipinski definition) is 9. The van der Waals surface area contributed by atoms with E-state index >= 15 is 0 Å². The normalized spacial score (nSPS) is 15.0. The van der Waals surface area contributed by atoms with Gasteiger partial charge in [-0.15, -0.1) is 0 Å². The molecule has 3 aromatic rings. The van der Waals surface area contributed by atoms with E-state index in [4.69, 9.17) is 23.7 Å². The molecule has 4 rings (SSSR count). The number of nitrogens with zero attached hydrogens (tertiary/aromatic N) is 2. The summed E-state index contributed by atoms with van der Waals surface area (Å²) in [7, 11) is 1.56. The molecule has 43 heavy (non-hydrogen) atoms. The Morgan fingerprint density at radius 3 is 2.40 bits per heavy atom. The van der Waals surface area contributed by atoms with Crippen LogP contribution in [0.2, 0.25) is 0 Å². The summed E-state index contributed by atoms with van der Waals surface area (Å²) in [5.74, 6) is 1.81. The first-order chi connectivity index (χ1) is 20.5. The van der Waals surface area contributed by atoms with E-state index in [9.17, 15) is 9.59 Å². The lowest BCUT2D eigenvalue weighted by Crippen LogP contribution is -2.40. The molecule has 2 aromatic carbocycles. The number of esters is 1. The fourth-order valence-electron chi connectivity index (χ4n) is 4.75. The molecule has 0 aliphatic carbocycles. The van der Waals surface area contributed by atoms with Crippen molar-refractivity contribution in [2.45, 2.75) is 66.7 Å². The van der Waals surface area contributed by atoms with E-state index in [2.05, 4.69) is 27.6 Å². The number of hydrogen-bond donors (Lipinski definition) is 0. The molecule has 0 saturated carbocycles. The second-order valence-corrected chi connectivity index (χ2v) is 12.5. The van der Waals surface area contributed by atoms with Crippen LogP contribution >= 0.6 is 33.9 Å². The number of benzene rings is 2. The predicted octanol–water partition coefficient (Wildman–Crippen LogP) is 5.38. The third-order valence-corrected chi connectivity index (χ3v) is 8.15. The molecule has 0 saturated heterocycles. The van der Waals surface area contributed by atoms with Crippen LogP contribution in [-0.2, 0) is 9.53 Å². The Morgan fingerprint density at radius 1 is 1.05 bits per heavy atom. The van der Waals surface area contributed by atoms with Crippen molar-refractivity contribution in [3.8, 4) is 23.0 Å². The smallest absolute Gasteiger partial charge is 0.338 e. The molecule has 0 N–H and O–H groups in total. The van der Waals surface area contributed by atoms with Gasteiger partial charge in [0.25, 0.3) is 5.56 Å². The average Bonchev–Trinajstić information content (AvgIpc) is 3.23. The minimum absolute atomic E-state index is 0.0243. The average molecular weight is 721 g/mol. The summed E-state index contributed by atoms with van der Waals surface area (Å²) in [5, 5.41) is 0. The largest absolute Gasteiger partial charge is 0.493 e. The maximum absolute atomic E-state index is 14.1. The first-order valence-electron chi connectivity index (χ1n) is 14.2. The fraction of sp³-hybridized carbons (Fsp3) is 0.406. The molecule has 0 amide bonds. The lowest BCUT2D eigenvalue weighted by Gasteiger charge is -2.25. The van der Waals surface area contributed by atoms with Crippen molar-refractivity contribution in [1.29, 1.82) is 0 Å². The van der Waals surface area contributed by atoms with E-state index in [0.29, 0.717) is 55.8 Å². The zero-order chi connectivity index (χ0) is 31.4. The van der Waals surface area contributed by atoms with E-state index < -0.39 is 12.0 Å². The molecule has 0 unspecified atom stereocenters. The van der Waals surface area contributed by atoms with Gasteiger partial charge in [0.05, 0.1) is 57.9 Å². The van der Waals surface area contributed by atoms with Crippen LogP contribution in [0, 0.1) is 3.57 Å². The van der Waals surface area contributed by atoms with Crippen LogP contribution in [-0.4, -0.2) is 43.1 Å². The third kappa shape index (κ3) is 7.09. The van der Waals surface area contributed by atoms with Gasteiger partial charge in [0.15, 0.2) is 27.8 Å². The zero-order valence-corrected chi connectivity index (χ0v) is 28.6. The van der Waals surface area contributed by atoms with Gasteiger partial charge < -0.3 is 23.7 Å². The van der Waals surface area contributed by atoms with Crippen molar-refractivity contribution < 1.29 is 28.5 Å². The molecule has 2 heterocycles. The first kappa shape index (κ1) is 32.6. The van der Waals surface area contributed by atoms with Crippen LogP contribution in [0.5, 0.6) is 23.0 Å². The van der Waals surface area contributed by atoms with Gasteiger partial charge in [0.2, 0.25) is 0 Å². The van der Waals surface area contributed by atoms with Gasteiger partial charge in [-0.05, 0) is 113 Å². The highest BCUT2D eigenvalue weighted by atomic mass is 127. The number of halogens is 1. The Hall–Kier alpha value is -3.32. The molecule has 1 aliphatic rings. The molecule has 1 aromatic heterocycles. The number of ether oxygens (including phenoxy) is 5. The van der Waals surface area contributed by atoms with Crippen molar-refractivity contribution >= 4 is 46.0 Å². The molecule has 0 radical (unpaired) electrons. The molecule has 9 nitrogen and oxygen atoms in total. The number of fused-ring (bicyclic) bond motifs is 1. The highest BCUT2D eigenvalue weighted by Gasteiger charge is 2.34. The van der Waals surface area contributed by atoms with Crippen LogP contribution in [0.3, 0.4) is 0 Å². The topological polar surface area (TPSA) is 97.6 Å². The van der Waals surface area contributed by atoms with Crippen LogP contribution in [0.15, 0.2) is 51.4 Å². The number of thiazole rings is 1. The Bertz CT molecular complexity index is 1720. The van der Waals surface area contributed by atoms with Crippen LogP contribution in [0.25, 0.3) is 6.08 Å². The van der Waals surface area contributed by atoms with Crippen molar-refractivity contribution in [1.82, 2.24) is 4.57 Å². The van der Waals surface area contributed by atoms with Gasteiger partial charge in [-0.2, -0.15) is 0 Å². The van der Waals surface area contributed by atoms with Crippen molar-refractivity contribution in [2.75, 3.05) is 20.3 Å². The summed E-state index contributed by atoms with van der Waals surface area (Å²) in [6.07, 6.45) is 1.73. The summed E-state index contributed by atoms with van der Waals surface area (Å²) >= 11 is 3.48. The summed E-state index contributed by atoms with van der Waals surface area (Å²) in [6, 6.07) is 8.46. The number of allylic oxidation sites excluding steroid dienone is 1. The van der Waals surface area contributed by atoms with E-state index in [-0.39, 0.29) is 24.4 Å². The number of methoxy groups -OCH3 is 1. The SMILES string of the molecule is CCOC(=O)C1=C(C)N=c2s/c(=C/c3cc(I)c(OC(C)C)c(OCC)c3)c(=O)n2[C@@H]1c1ccc(OC(C)C)c(OC)c1. The van der Waals surface area contributed by atoms with Gasteiger partial charge in [0, 0.05) is 0 Å². The standard InChI is InChI=1S/C32H37IN2O7S/c1-9-39-25-14-20(13-22(33)29(25)42-18(5)6)15-26-30(36)35-28(21-11-12-23(41-17(3)4)24(16-21)38-8)27(31(37)40-10-2)19(7)34-32(35)43-26/h11-18,28H,9-10H2,1-8H3/b26-15+/t28-/m1/s1. The Morgan fingerprint density at radius 2 is 1.77 bits per heavy atom. The fourth-order valence-corrected chi connectivity index (χ4v) is 6.55. The monoisotopic (exact) mass is 720 g/mol. The number of carbonyl (C=O) groups is 1. The number of carbonyl (C=O) groups excluding carboxylic acids is 1. The minimum atomic E-state index is -0.777. The highest BCUT2D eigenvalue weighted by Crippen LogP contribution is 2.37. The molecule has 0 spiro atoms. The Kier molecular flexibility index (Phi) is 10.6. The van der Waals surface area contributed by atoms with E-state index in [1.807, 2.05) is 58.9 Å². The second kappa shape index (κ2) is 14.0. The van der Waals surface area contributed by atoms with Crippen LogP contribution < -0.4 is 33.8 Å². The molecule has 1 atom stereocenters. The lowest BCUT2D eigenvalue weighted by atomic mass is 9.95. The van der Waals surface area contributed by atoms with E-state index in [0.717, 1.165) is 9.13 Å². The second-order valence-electron chi connectivity index (χ2n) is 10.3. The molecule has 1 aliphatic heterocycles. The first-order valence-corrected chi connectivity index (χ1v) is 16.1. The zero-order valence-electron chi connectivity index (χ0n) is 25.6. The summed E-state index contributed by atoms with van der Waals surface area (Å²) in [6.45, 7) is 13.9. The van der Waals surface area contributed by atoms with E-state index in [1.54, 1.807) is 37.7 Å². The van der Waals surface area contributed by atoms with Gasteiger partial charge >= 0.3 is 5.97 Å². The van der Waals surface area contributed by atoms with Gasteiger partial charge in [-0.1, -0.05) is 17.4 Å². The maximum Gasteiger partial charge on any atom is 0.338 e. The van der Waals surface area contributed by atoms with Crippen LogP contribution in [0.1, 0.15) is 65.6 Å². The third-order valence-electron chi connectivity index (χ3n) is 6.37.